The summed E-state index contributed by atoms with van der Waals surface area (Å²) in [6.45, 7) is 6.60. The maximum atomic E-state index is 13.6. The van der Waals surface area contributed by atoms with E-state index in [0.29, 0.717) is 30.3 Å². The van der Waals surface area contributed by atoms with Gasteiger partial charge in [0.15, 0.2) is 5.13 Å². The third-order valence-corrected chi connectivity index (χ3v) is 9.47. The minimum absolute atomic E-state index is 0.167. The molecule has 0 bridgehead atoms. The first-order valence-corrected chi connectivity index (χ1v) is 14.4. The highest BCUT2D eigenvalue weighted by Crippen LogP contribution is 2.33. The van der Waals surface area contributed by atoms with Crippen LogP contribution in [-0.2, 0) is 10.0 Å². The molecule has 3 aromatic rings. The molecule has 0 N–H and O–H groups in total. The predicted octanol–water partition coefficient (Wildman–Crippen LogP) is 4.69. The van der Waals surface area contributed by atoms with Crippen LogP contribution in [0.3, 0.4) is 0 Å². The fourth-order valence-electron chi connectivity index (χ4n) is 4.49. The van der Waals surface area contributed by atoms with Gasteiger partial charge in [-0.15, -0.1) is 0 Å². The lowest BCUT2D eigenvalue weighted by Crippen LogP contribution is -2.35. The number of carbonyl (C=O) groups excluding carboxylic acids is 1. The molecule has 1 saturated heterocycles. The number of hydrogen-bond donors (Lipinski definition) is 0. The highest BCUT2D eigenvalue weighted by Gasteiger charge is 2.27. The van der Waals surface area contributed by atoms with E-state index in [0.717, 1.165) is 53.6 Å². The van der Waals surface area contributed by atoms with Crippen molar-refractivity contribution in [1.29, 1.82) is 0 Å². The van der Waals surface area contributed by atoms with Gasteiger partial charge in [-0.05, 0) is 95.2 Å². The van der Waals surface area contributed by atoms with Gasteiger partial charge in [0.1, 0.15) is 0 Å². The Kier molecular flexibility index (Phi) is 7.90. The van der Waals surface area contributed by atoms with Gasteiger partial charge >= 0.3 is 0 Å². The Balaban J connectivity index is 1.62. The summed E-state index contributed by atoms with van der Waals surface area (Å²) in [6, 6.07) is 10.5. The molecule has 0 radical (unpaired) electrons. The van der Waals surface area contributed by atoms with E-state index in [2.05, 4.69) is 17.9 Å². The second-order valence-electron chi connectivity index (χ2n) is 9.53. The largest absolute Gasteiger partial charge is 0.309 e. The van der Waals surface area contributed by atoms with Crippen molar-refractivity contribution in [3.8, 4) is 0 Å². The van der Waals surface area contributed by atoms with Crippen LogP contribution >= 0.6 is 11.3 Å². The maximum Gasteiger partial charge on any atom is 0.260 e. The molecule has 1 aliphatic rings. The highest BCUT2D eigenvalue weighted by molar-refractivity contribution is 7.89. The standard InChI is InChI=1S/C26H34N4O3S2/c1-19-17-20(2)24-23(18-19)27-26(34-24)30(16-8-13-28(3)4)25(31)21-9-11-22(12-10-21)35(32,33)29-14-6-5-7-15-29/h9-12,17-18H,5-8,13-16H2,1-4H3. The third-order valence-electron chi connectivity index (χ3n) is 6.33. The summed E-state index contributed by atoms with van der Waals surface area (Å²) in [5.41, 5.74) is 3.65. The second kappa shape index (κ2) is 10.7. The number of fused-ring (bicyclic) bond motifs is 1. The highest BCUT2D eigenvalue weighted by atomic mass is 32.2. The number of carbonyl (C=O) groups is 1. The van der Waals surface area contributed by atoms with E-state index in [1.165, 1.54) is 11.3 Å². The molecule has 2 aromatic carbocycles. The van der Waals surface area contributed by atoms with Gasteiger partial charge in [-0.1, -0.05) is 23.8 Å². The number of nitrogens with zero attached hydrogens (tertiary/aromatic N) is 4. The van der Waals surface area contributed by atoms with Crippen LogP contribution in [0.4, 0.5) is 5.13 Å². The van der Waals surface area contributed by atoms with E-state index in [-0.39, 0.29) is 10.8 Å². The molecule has 7 nitrogen and oxygen atoms in total. The molecule has 4 rings (SSSR count). The molecule has 0 unspecified atom stereocenters. The van der Waals surface area contributed by atoms with Crippen molar-refractivity contribution < 1.29 is 13.2 Å². The monoisotopic (exact) mass is 514 g/mol. The molecule has 0 saturated carbocycles. The quantitative estimate of drug-likeness (QED) is 0.436. The van der Waals surface area contributed by atoms with Crippen LogP contribution in [0, 0.1) is 13.8 Å². The van der Waals surface area contributed by atoms with Crippen LogP contribution in [-0.4, -0.2) is 68.8 Å². The number of aromatic nitrogens is 1. The van der Waals surface area contributed by atoms with Crippen molar-refractivity contribution in [3.63, 3.8) is 0 Å². The fourth-order valence-corrected chi connectivity index (χ4v) is 7.05. The first-order chi connectivity index (χ1) is 16.7. The van der Waals surface area contributed by atoms with Gasteiger partial charge < -0.3 is 4.90 Å². The van der Waals surface area contributed by atoms with Gasteiger partial charge in [0.25, 0.3) is 5.91 Å². The van der Waals surface area contributed by atoms with E-state index in [9.17, 15) is 13.2 Å². The van der Waals surface area contributed by atoms with E-state index >= 15 is 0 Å². The lowest BCUT2D eigenvalue weighted by atomic mass is 10.1. The van der Waals surface area contributed by atoms with E-state index < -0.39 is 10.0 Å². The topological polar surface area (TPSA) is 73.8 Å². The Bertz CT molecular complexity index is 1290. The molecule has 0 atom stereocenters. The molecule has 1 amide bonds. The minimum Gasteiger partial charge on any atom is -0.309 e. The van der Waals surface area contributed by atoms with Crippen LogP contribution in [0.15, 0.2) is 41.3 Å². The molecular weight excluding hydrogens is 480 g/mol. The summed E-state index contributed by atoms with van der Waals surface area (Å²) in [7, 11) is 0.489. The number of thiazole rings is 1. The lowest BCUT2D eigenvalue weighted by Gasteiger charge is -2.26. The molecule has 9 heteroatoms. The molecule has 0 spiro atoms. The van der Waals surface area contributed by atoms with Crippen molar-refractivity contribution in [2.45, 2.75) is 44.4 Å². The van der Waals surface area contributed by atoms with Gasteiger partial charge in [0, 0.05) is 25.2 Å². The van der Waals surface area contributed by atoms with Crippen molar-refractivity contribution in [2.24, 2.45) is 0 Å². The summed E-state index contributed by atoms with van der Waals surface area (Å²) in [6.07, 6.45) is 3.64. The van der Waals surface area contributed by atoms with Gasteiger partial charge in [-0.2, -0.15) is 4.31 Å². The number of sulfonamides is 1. The minimum atomic E-state index is -3.53. The zero-order chi connectivity index (χ0) is 25.2. The SMILES string of the molecule is Cc1cc(C)c2sc(N(CCCN(C)C)C(=O)c3ccc(S(=O)(=O)N4CCCCC4)cc3)nc2c1. The number of piperidine rings is 1. The summed E-state index contributed by atoms with van der Waals surface area (Å²) >= 11 is 1.53. The summed E-state index contributed by atoms with van der Waals surface area (Å²) in [5, 5.41) is 0.669. The van der Waals surface area contributed by atoms with Gasteiger partial charge in [0.2, 0.25) is 10.0 Å². The van der Waals surface area contributed by atoms with Crippen LogP contribution in [0.5, 0.6) is 0 Å². The maximum absolute atomic E-state index is 13.6. The lowest BCUT2D eigenvalue weighted by molar-refractivity contribution is 0.0986. The molecular formula is C26H34N4O3S2. The molecule has 0 aliphatic carbocycles. The summed E-state index contributed by atoms with van der Waals surface area (Å²) in [5.74, 6) is -0.167. The summed E-state index contributed by atoms with van der Waals surface area (Å²) < 4.78 is 28.6. The number of aryl methyl sites for hydroxylation is 2. The Morgan fingerprint density at radius 1 is 1.03 bits per heavy atom. The average Bonchev–Trinajstić information content (AvgIpc) is 3.26. The Morgan fingerprint density at radius 2 is 1.71 bits per heavy atom. The Morgan fingerprint density at radius 3 is 2.37 bits per heavy atom. The van der Waals surface area contributed by atoms with E-state index in [4.69, 9.17) is 4.98 Å². The first kappa shape index (κ1) is 25.8. The van der Waals surface area contributed by atoms with Crippen LogP contribution in [0.2, 0.25) is 0 Å². The number of amides is 1. The normalized spacial score (nSPS) is 15.1. The van der Waals surface area contributed by atoms with E-state index in [1.54, 1.807) is 33.5 Å². The molecule has 1 fully saturated rings. The van der Waals surface area contributed by atoms with Crippen LogP contribution < -0.4 is 4.90 Å². The van der Waals surface area contributed by atoms with Gasteiger partial charge in [0.05, 0.1) is 15.1 Å². The van der Waals surface area contributed by atoms with Gasteiger partial charge in [-0.3, -0.25) is 9.69 Å². The van der Waals surface area contributed by atoms with Crippen LogP contribution in [0.25, 0.3) is 10.2 Å². The molecule has 2 heterocycles. The number of anilines is 1. The second-order valence-corrected chi connectivity index (χ2v) is 12.4. The third kappa shape index (κ3) is 5.74. The van der Waals surface area contributed by atoms with Crippen LogP contribution in [0.1, 0.15) is 47.2 Å². The number of rotatable bonds is 8. The van der Waals surface area contributed by atoms with Crippen molar-refractivity contribution >= 4 is 42.6 Å². The Hall–Kier alpha value is -2.33. The van der Waals surface area contributed by atoms with Crippen molar-refractivity contribution in [3.05, 3.63) is 53.1 Å². The molecule has 1 aromatic heterocycles. The Labute approximate surface area is 212 Å². The average molecular weight is 515 g/mol. The zero-order valence-corrected chi connectivity index (χ0v) is 22.6. The van der Waals surface area contributed by atoms with Gasteiger partial charge in [-0.25, -0.2) is 13.4 Å². The van der Waals surface area contributed by atoms with E-state index in [1.807, 2.05) is 27.1 Å². The number of benzene rings is 2. The molecule has 35 heavy (non-hydrogen) atoms. The zero-order valence-electron chi connectivity index (χ0n) is 21.0. The molecule has 188 valence electrons. The smallest absolute Gasteiger partial charge is 0.260 e. The van der Waals surface area contributed by atoms with Crippen molar-refractivity contribution in [2.75, 3.05) is 45.2 Å². The summed E-state index contributed by atoms with van der Waals surface area (Å²) in [4.78, 5) is 22.5. The number of hydrogen-bond acceptors (Lipinski definition) is 6. The predicted molar refractivity (Wildman–Crippen MR) is 143 cm³/mol. The van der Waals surface area contributed by atoms with Crippen molar-refractivity contribution in [1.82, 2.24) is 14.2 Å². The molecule has 1 aliphatic heterocycles. The first-order valence-electron chi connectivity index (χ1n) is 12.1. The fraction of sp³-hybridized carbons (Fsp3) is 0.462.